The molecular weight excluding hydrogens is 351 g/mol. The fourth-order valence-electron chi connectivity index (χ4n) is 1.98. The van der Waals surface area contributed by atoms with E-state index < -0.39 is 0 Å². The smallest absolute Gasteiger partial charge is 0.228 e. The van der Waals surface area contributed by atoms with Gasteiger partial charge in [-0.05, 0) is 31.3 Å². The highest BCUT2D eigenvalue weighted by atomic mass is 35.5. The molecule has 134 valence electrons. The maximum Gasteiger partial charge on any atom is 0.228 e. The summed E-state index contributed by atoms with van der Waals surface area (Å²) in [7, 11) is 3.76. The van der Waals surface area contributed by atoms with E-state index in [0.29, 0.717) is 13.2 Å². The number of anilines is 1. The minimum atomic E-state index is -0.0793. The molecule has 0 saturated carbocycles. The maximum atomic E-state index is 11.9. The Morgan fingerprint density at radius 3 is 2.50 bits per heavy atom. The van der Waals surface area contributed by atoms with E-state index >= 15 is 0 Å². The van der Waals surface area contributed by atoms with E-state index in [9.17, 15) is 4.79 Å². The maximum absolute atomic E-state index is 11.9. The Labute approximate surface area is 154 Å². The Kier molecular flexibility index (Phi) is 10.1. The molecule has 8 heteroatoms. The third-order valence-corrected chi connectivity index (χ3v) is 3.37. The van der Waals surface area contributed by atoms with E-state index in [1.807, 2.05) is 56.0 Å². The molecule has 1 aromatic carbocycles. The zero-order valence-electron chi connectivity index (χ0n) is 14.0. The molecule has 0 aliphatic heterocycles. The van der Waals surface area contributed by atoms with Gasteiger partial charge in [-0.25, -0.2) is 4.98 Å². The van der Waals surface area contributed by atoms with Crippen LogP contribution in [0.2, 0.25) is 0 Å². The first-order chi connectivity index (χ1) is 10.6. The van der Waals surface area contributed by atoms with Crippen LogP contribution in [0.1, 0.15) is 12.7 Å². The van der Waals surface area contributed by atoms with E-state index in [-0.39, 0.29) is 36.6 Å². The van der Waals surface area contributed by atoms with E-state index in [0.717, 1.165) is 17.3 Å². The number of aromatic nitrogens is 2. The zero-order valence-corrected chi connectivity index (χ0v) is 15.6. The number of amides is 1. The number of halogens is 2. The van der Waals surface area contributed by atoms with Gasteiger partial charge in [0.2, 0.25) is 5.91 Å². The average Bonchev–Trinajstić information content (AvgIpc) is 2.92. The number of aryl methyl sites for hydroxylation is 1. The van der Waals surface area contributed by atoms with Crippen molar-refractivity contribution in [1.82, 2.24) is 14.9 Å². The van der Waals surface area contributed by atoms with Crippen molar-refractivity contribution < 1.29 is 9.53 Å². The lowest BCUT2D eigenvalue weighted by Crippen LogP contribution is -2.28. The van der Waals surface area contributed by atoms with Gasteiger partial charge in [0.05, 0.1) is 0 Å². The average molecular weight is 375 g/mol. The van der Waals surface area contributed by atoms with Crippen LogP contribution in [-0.4, -0.2) is 29.1 Å². The number of carbonyl (C=O) groups excluding carboxylic acids is 1. The molecule has 1 unspecified atom stereocenters. The number of imidazole rings is 1. The van der Waals surface area contributed by atoms with E-state index in [2.05, 4.69) is 15.6 Å². The van der Waals surface area contributed by atoms with Crippen molar-refractivity contribution in [1.29, 1.82) is 0 Å². The first-order valence-electron chi connectivity index (χ1n) is 7.24. The van der Waals surface area contributed by atoms with Crippen molar-refractivity contribution >= 4 is 36.4 Å². The molecule has 2 N–H and O–H groups in total. The van der Waals surface area contributed by atoms with Crippen LogP contribution in [0.3, 0.4) is 0 Å². The third kappa shape index (κ3) is 6.39. The van der Waals surface area contributed by atoms with Crippen LogP contribution in [-0.2, 0) is 18.4 Å². The van der Waals surface area contributed by atoms with Crippen molar-refractivity contribution in [2.45, 2.75) is 13.5 Å². The summed E-state index contributed by atoms with van der Waals surface area (Å²) in [5, 5.41) is 5.87. The summed E-state index contributed by atoms with van der Waals surface area (Å²) < 4.78 is 7.59. The summed E-state index contributed by atoms with van der Waals surface area (Å²) in [6, 6.07) is 7.33. The van der Waals surface area contributed by atoms with Crippen LogP contribution in [0.5, 0.6) is 5.75 Å². The molecule has 0 bridgehead atoms. The first-order valence-corrected chi connectivity index (χ1v) is 7.24. The van der Waals surface area contributed by atoms with E-state index in [4.69, 9.17) is 4.74 Å². The molecule has 24 heavy (non-hydrogen) atoms. The highest BCUT2D eigenvalue weighted by Gasteiger charge is 2.11. The predicted molar refractivity (Wildman–Crippen MR) is 100 cm³/mol. The Morgan fingerprint density at radius 1 is 1.29 bits per heavy atom. The van der Waals surface area contributed by atoms with Crippen LogP contribution >= 0.6 is 24.8 Å². The monoisotopic (exact) mass is 374 g/mol. The van der Waals surface area contributed by atoms with Crippen molar-refractivity contribution in [3.63, 3.8) is 0 Å². The van der Waals surface area contributed by atoms with Crippen molar-refractivity contribution in [2.24, 2.45) is 13.0 Å². The topological polar surface area (TPSA) is 68.2 Å². The summed E-state index contributed by atoms with van der Waals surface area (Å²) in [6.45, 7) is 2.95. The molecular formula is C16H24Cl2N4O2. The van der Waals surface area contributed by atoms with Crippen LogP contribution < -0.4 is 15.4 Å². The lowest BCUT2D eigenvalue weighted by molar-refractivity contribution is -0.119. The number of rotatable bonds is 7. The number of nitrogens with zero attached hydrogens (tertiary/aromatic N) is 2. The second-order valence-electron chi connectivity index (χ2n) is 5.22. The molecule has 2 rings (SSSR count). The van der Waals surface area contributed by atoms with Gasteiger partial charge in [-0.3, -0.25) is 4.79 Å². The van der Waals surface area contributed by atoms with Crippen LogP contribution in [0.15, 0.2) is 36.7 Å². The Hall–Kier alpha value is -1.76. The zero-order chi connectivity index (χ0) is 15.9. The fourth-order valence-corrected chi connectivity index (χ4v) is 1.98. The quantitative estimate of drug-likeness (QED) is 0.781. The SMILES string of the molecule is CNCC(C)C(=O)Nc1ccc(OCc2nccn2C)cc1.Cl.Cl. The van der Waals surface area contributed by atoms with Crippen LogP contribution in [0.25, 0.3) is 0 Å². The van der Waals surface area contributed by atoms with E-state index in [1.54, 1.807) is 6.20 Å². The number of ether oxygens (including phenoxy) is 1. The Morgan fingerprint density at radius 2 is 1.96 bits per heavy atom. The second kappa shape index (κ2) is 10.9. The van der Waals surface area contributed by atoms with Gasteiger partial charge in [0, 0.05) is 37.6 Å². The normalized spacial score (nSPS) is 11.0. The van der Waals surface area contributed by atoms with Gasteiger partial charge < -0.3 is 19.9 Å². The molecule has 6 nitrogen and oxygen atoms in total. The lowest BCUT2D eigenvalue weighted by Gasteiger charge is -2.12. The second-order valence-corrected chi connectivity index (χ2v) is 5.22. The van der Waals surface area contributed by atoms with Crippen LogP contribution in [0.4, 0.5) is 5.69 Å². The fraction of sp³-hybridized carbons (Fsp3) is 0.375. The largest absolute Gasteiger partial charge is 0.486 e. The number of nitrogens with one attached hydrogen (secondary N) is 2. The highest BCUT2D eigenvalue weighted by Crippen LogP contribution is 2.17. The third-order valence-electron chi connectivity index (χ3n) is 3.37. The molecule has 0 fully saturated rings. The van der Waals surface area contributed by atoms with Gasteiger partial charge in [0.1, 0.15) is 18.2 Å². The minimum absolute atomic E-state index is 0. The molecule has 1 atom stereocenters. The molecule has 0 radical (unpaired) electrons. The van der Waals surface area contributed by atoms with Crippen LogP contribution in [0, 0.1) is 5.92 Å². The molecule has 0 aliphatic carbocycles. The summed E-state index contributed by atoms with van der Waals surface area (Å²) in [4.78, 5) is 16.1. The Bertz CT molecular complexity index is 617. The molecule has 1 aromatic heterocycles. The molecule has 1 amide bonds. The van der Waals surface area contributed by atoms with Gasteiger partial charge in [-0.15, -0.1) is 24.8 Å². The number of carbonyl (C=O) groups is 1. The van der Waals surface area contributed by atoms with Crippen molar-refractivity contribution in [3.8, 4) is 5.75 Å². The summed E-state index contributed by atoms with van der Waals surface area (Å²) >= 11 is 0. The molecule has 1 heterocycles. The molecule has 0 spiro atoms. The molecule has 2 aromatic rings. The van der Waals surface area contributed by atoms with Gasteiger partial charge in [0.25, 0.3) is 0 Å². The van der Waals surface area contributed by atoms with Gasteiger partial charge >= 0.3 is 0 Å². The summed E-state index contributed by atoms with van der Waals surface area (Å²) in [5.41, 5.74) is 0.761. The standard InChI is InChI=1S/C16H22N4O2.2ClH/c1-12(10-17-2)16(21)19-13-4-6-14(7-5-13)22-11-15-18-8-9-20(15)3;;/h4-9,12,17H,10-11H2,1-3H3,(H,19,21);2*1H. The van der Waals surface area contributed by atoms with Crippen molar-refractivity contribution in [3.05, 3.63) is 42.5 Å². The summed E-state index contributed by atoms with van der Waals surface area (Å²) in [5.74, 6) is 1.52. The van der Waals surface area contributed by atoms with Gasteiger partial charge in [0.15, 0.2) is 0 Å². The van der Waals surface area contributed by atoms with Crippen molar-refractivity contribution in [2.75, 3.05) is 18.9 Å². The minimum Gasteiger partial charge on any atom is -0.486 e. The first kappa shape index (κ1) is 22.2. The van der Waals surface area contributed by atoms with E-state index in [1.165, 1.54) is 0 Å². The highest BCUT2D eigenvalue weighted by molar-refractivity contribution is 5.92. The number of benzene rings is 1. The van der Waals surface area contributed by atoms with Gasteiger partial charge in [-0.2, -0.15) is 0 Å². The lowest BCUT2D eigenvalue weighted by atomic mass is 10.1. The van der Waals surface area contributed by atoms with Gasteiger partial charge in [-0.1, -0.05) is 6.92 Å². The molecule has 0 aliphatic rings. The molecule has 0 saturated heterocycles. The number of hydrogen-bond acceptors (Lipinski definition) is 4. The number of hydrogen-bond donors (Lipinski definition) is 2. The summed E-state index contributed by atoms with van der Waals surface area (Å²) in [6.07, 6.45) is 3.62. The predicted octanol–water partition coefficient (Wildman–Crippen LogP) is 2.64. The Balaban J connectivity index is 0.00000264.